The lowest BCUT2D eigenvalue weighted by molar-refractivity contribution is 0.143. The minimum atomic E-state index is -0.00328. The van der Waals surface area contributed by atoms with Crippen LogP contribution in [0.4, 0.5) is 0 Å². The first kappa shape index (κ1) is 19.0. The van der Waals surface area contributed by atoms with E-state index < -0.39 is 0 Å². The van der Waals surface area contributed by atoms with Crippen LogP contribution in [0.25, 0.3) is 10.9 Å². The molecule has 29 heavy (non-hydrogen) atoms. The second-order valence-corrected chi connectivity index (χ2v) is 7.27. The van der Waals surface area contributed by atoms with Gasteiger partial charge in [-0.2, -0.15) is 5.26 Å². The molecule has 0 bridgehead atoms. The van der Waals surface area contributed by atoms with Gasteiger partial charge in [0, 0.05) is 12.1 Å². The fourth-order valence-electron chi connectivity index (χ4n) is 3.46. The molecule has 0 spiro atoms. The van der Waals surface area contributed by atoms with Crippen molar-refractivity contribution >= 4 is 10.9 Å². The smallest absolute Gasteiger partial charge is 0.224 e. The summed E-state index contributed by atoms with van der Waals surface area (Å²) in [5.41, 5.74) is 8.08. The van der Waals surface area contributed by atoms with Crippen LogP contribution in [0.3, 0.4) is 0 Å². The predicted molar refractivity (Wildman–Crippen MR) is 108 cm³/mol. The van der Waals surface area contributed by atoms with E-state index in [9.17, 15) is 5.11 Å². The van der Waals surface area contributed by atoms with Crippen LogP contribution >= 0.6 is 0 Å². The first-order valence-electron chi connectivity index (χ1n) is 9.64. The van der Waals surface area contributed by atoms with Crippen LogP contribution in [0.1, 0.15) is 36.8 Å². The minimum absolute atomic E-state index is 0.00328. The molecule has 1 aliphatic rings. The van der Waals surface area contributed by atoms with Crippen LogP contribution in [0.2, 0.25) is 0 Å². The zero-order valence-electron chi connectivity index (χ0n) is 15.9. The van der Waals surface area contributed by atoms with E-state index in [4.69, 9.17) is 20.5 Å². The monoisotopic (exact) mass is 390 g/mol. The summed E-state index contributed by atoms with van der Waals surface area (Å²) in [6.07, 6.45) is 5.18. The van der Waals surface area contributed by atoms with Crippen molar-refractivity contribution in [1.29, 1.82) is 5.26 Å². The van der Waals surface area contributed by atoms with Crippen LogP contribution in [-0.2, 0) is 6.61 Å². The molecule has 4 rings (SSSR count). The fourth-order valence-corrected chi connectivity index (χ4v) is 3.46. The van der Waals surface area contributed by atoms with Gasteiger partial charge in [-0.1, -0.05) is 12.1 Å². The molecule has 1 fully saturated rings. The Balaban J connectivity index is 1.51. The Bertz CT molecular complexity index is 1040. The molecule has 1 saturated carbocycles. The zero-order chi connectivity index (χ0) is 20.2. The summed E-state index contributed by atoms with van der Waals surface area (Å²) in [6, 6.07) is 12.7. The summed E-state index contributed by atoms with van der Waals surface area (Å²) in [7, 11) is 0. The fraction of sp³-hybridized carbons (Fsp3) is 0.318. The number of nitriles is 1. The average Bonchev–Trinajstić information content (AvgIpc) is 2.75. The van der Waals surface area contributed by atoms with Crippen LogP contribution < -0.4 is 15.2 Å². The Hall–Kier alpha value is -3.37. The van der Waals surface area contributed by atoms with Gasteiger partial charge in [0.25, 0.3) is 0 Å². The van der Waals surface area contributed by atoms with Gasteiger partial charge >= 0.3 is 0 Å². The maximum absolute atomic E-state index is 10.4. The molecule has 0 amide bonds. The third-order valence-electron chi connectivity index (χ3n) is 5.15. The molecule has 148 valence electrons. The highest BCUT2D eigenvalue weighted by Crippen LogP contribution is 2.35. The van der Waals surface area contributed by atoms with Gasteiger partial charge in [-0.25, -0.2) is 9.97 Å². The van der Waals surface area contributed by atoms with Crippen molar-refractivity contribution in [1.82, 2.24) is 9.97 Å². The number of hydrogen-bond acceptors (Lipinski definition) is 7. The maximum Gasteiger partial charge on any atom is 0.224 e. The highest BCUT2D eigenvalue weighted by atomic mass is 16.5. The van der Waals surface area contributed by atoms with Gasteiger partial charge in [-0.3, -0.25) is 0 Å². The van der Waals surface area contributed by atoms with Crippen LogP contribution in [0.5, 0.6) is 17.4 Å². The summed E-state index contributed by atoms with van der Waals surface area (Å²) in [6.45, 7) is 0.265. The van der Waals surface area contributed by atoms with Crippen LogP contribution in [0, 0.1) is 11.3 Å². The first-order chi connectivity index (χ1) is 14.1. The second-order valence-electron chi connectivity index (χ2n) is 7.27. The van der Waals surface area contributed by atoms with Crippen molar-refractivity contribution in [2.24, 2.45) is 5.73 Å². The van der Waals surface area contributed by atoms with Gasteiger partial charge < -0.3 is 20.3 Å². The van der Waals surface area contributed by atoms with E-state index >= 15 is 0 Å². The van der Waals surface area contributed by atoms with E-state index in [2.05, 4.69) is 16.0 Å². The molecule has 0 radical (unpaired) electrons. The number of nitrogens with two attached hydrogens (primary N) is 1. The number of ether oxygens (including phenoxy) is 2. The molecule has 7 nitrogen and oxygen atoms in total. The molecular weight excluding hydrogens is 368 g/mol. The number of phenolic OH excluding ortho intramolecular Hbond substituents is 1. The van der Waals surface area contributed by atoms with Crippen molar-refractivity contribution in [3.63, 3.8) is 0 Å². The third kappa shape index (κ3) is 4.39. The summed E-state index contributed by atoms with van der Waals surface area (Å²) < 4.78 is 11.8. The van der Waals surface area contributed by atoms with Crippen molar-refractivity contribution in [2.75, 3.05) is 0 Å². The number of fused-ring (bicyclic) bond motifs is 1. The van der Waals surface area contributed by atoms with Crippen molar-refractivity contribution in [3.8, 4) is 23.4 Å². The summed E-state index contributed by atoms with van der Waals surface area (Å²) in [5, 5.41) is 20.0. The Kier molecular flexibility index (Phi) is 5.45. The number of benzene rings is 2. The Morgan fingerprint density at radius 1 is 1.10 bits per heavy atom. The van der Waals surface area contributed by atoms with Crippen molar-refractivity contribution in [3.05, 3.63) is 53.9 Å². The number of rotatable bonds is 5. The van der Waals surface area contributed by atoms with E-state index in [-0.39, 0.29) is 24.5 Å². The minimum Gasteiger partial charge on any atom is -0.504 e. The van der Waals surface area contributed by atoms with Gasteiger partial charge in [0.05, 0.1) is 22.5 Å². The molecular formula is C22H22N4O3. The van der Waals surface area contributed by atoms with E-state index in [0.717, 1.165) is 31.2 Å². The topological polar surface area (TPSA) is 114 Å². The highest BCUT2D eigenvalue weighted by molar-refractivity contribution is 5.86. The van der Waals surface area contributed by atoms with Gasteiger partial charge in [0.15, 0.2) is 11.5 Å². The number of hydrogen-bond donors (Lipinski definition) is 2. The third-order valence-corrected chi connectivity index (χ3v) is 5.15. The predicted octanol–water partition coefficient (Wildman–Crippen LogP) is 3.43. The zero-order valence-corrected chi connectivity index (χ0v) is 15.9. The molecule has 2 aromatic carbocycles. The van der Waals surface area contributed by atoms with E-state index in [0.29, 0.717) is 28.1 Å². The average molecular weight is 390 g/mol. The van der Waals surface area contributed by atoms with Crippen molar-refractivity contribution in [2.45, 2.75) is 44.4 Å². The Labute approximate surface area is 168 Å². The SMILES string of the molecule is N#Cc1ccc(COc2cc3ncnc(OC4CCC(N)CC4)c3cc2O)cc1. The first-order valence-corrected chi connectivity index (χ1v) is 9.64. The molecule has 1 heterocycles. The number of aromatic nitrogens is 2. The van der Waals surface area contributed by atoms with E-state index in [1.54, 1.807) is 24.3 Å². The lowest BCUT2D eigenvalue weighted by Crippen LogP contribution is -2.31. The molecule has 1 aliphatic carbocycles. The second kappa shape index (κ2) is 8.33. The number of phenols is 1. The van der Waals surface area contributed by atoms with Gasteiger partial charge in [-0.05, 0) is 49.4 Å². The quantitative estimate of drug-likeness (QED) is 0.686. The molecule has 0 saturated heterocycles. The standard InChI is InChI=1S/C22H22N4O3/c23-11-14-1-3-15(4-2-14)12-28-21-10-19-18(9-20(21)27)22(26-13-25-19)29-17-7-5-16(24)6-8-17/h1-4,9-10,13,16-17,27H,5-8,12,24H2. The largest absolute Gasteiger partial charge is 0.504 e. The van der Waals surface area contributed by atoms with Crippen LogP contribution in [-0.4, -0.2) is 27.2 Å². The lowest BCUT2D eigenvalue weighted by Gasteiger charge is -2.26. The van der Waals surface area contributed by atoms with Crippen LogP contribution in [0.15, 0.2) is 42.7 Å². The number of nitrogens with zero attached hydrogens (tertiary/aromatic N) is 3. The molecule has 3 N–H and O–H groups in total. The maximum atomic E-state index is 10.4. The molecule has 0 unspecified atom stereocenters. The summed E-state index contributed by atoms with van der Waals surface area (Å²) in [4.78, 5) is 8.55. The molecule has 0 atom stereocenters. The van der Waals surface area contributed by atoms with E-state index in [1.165, 1.54) is 6.33 Å². The molecule has 1 aromatic heterocycles. The lowest BCUT2D eigenvalue weighted by atomic mass is 9.94. The van der Waals surface area contributed by atoms with Gasteiger partial charge in [0.1, 0.15) is 19.0 Å². The van der Waals surface area contributed by atoms with E-state index in [1.807, 2.05) is 12.1 Å². The van der Waals surface area contributed by atoms with Gasteiger partial charge in [0.2, 0.25) is 5.88 Å². The van der Waals surface area contributed by atoms with Crippen molar-refractivity contribution < 1.29 is 14.6 Å². The molecule has 3 aromatic rings. The summed E-state index contributed by atoms with van der Waals surface area (Å²) >= 11 is 0. The molecule has 7 heteroatoms. The normalized spacial score (nSPS) is 18.9. The molecule has 0 aliphatic heterocycles. The highest BCUT2D eigenvalue weighted by Gasteiger charge is 2.21. The Morgan fingerprint density at radius 2 is 1.86 bits per heavy atom. The number of aromatic hydroxyl groups is 1. The summed E-state index contributed by atoms with van der Waals surface area (Å²) in [5.74, 6) is 0.788. The van der Waals surface area contributed by atoms with Gasteiger partial charge in [-0.15, -0.1) is 0 Å². The Morgan fingerprint density at radius 3 is 2.59 bits per heavy atom.